The highest BCUT2D eigenvalue weighted by atomic mass is 16.7. The standard InChI is InChI=1S/C18H15NO5/c1-11-3-2-4-13(7-11)17(20)19-14(18(21)22)8-12-5-6-15-16(9-12)24-10-23-15/h2-9H,10H2,1H3,(H,19,20)(H,21,22)/b14-8-. The summed E-state index contributed by atoms with van der Waals surface area (Å²) in [7, 11) is 0. The smallest absolute Gasteiger partial charge is 0.352 e. The van der Waals surface area contributed by atoms with Crippen molar-refractivity contribution < 1.29 is 24.2 Å². The summed E-state index contributed by atoms with van der Waals surface area (Å²) < 4.78 is 10.5. The second kappa shape index (κ2) is 6.45. The van der Waals surface area contributed by atoms with E-state index < -0.39 is 11.9 Å². The molecule has 0 unspecified atom stereocenters. The molecule has 0 spiro atoms. The van der Waals surface area contributed by atoms with Crippen LogP contribution in [0.2, 0.25) is 0 Å². The van der Waals surface area contributed by atoms with E-state index in [1.807, 2.05) is 13.0 Å². The molecule has 0 bridgehead atoms. The topological polar surface area (TPSA) is 84.9 Å². The number of carbonyl (C=O) groups is 2. The van der Waals surface area contributed by atoms with Crippen LogP contribution in [0.1, 0.15) is 21.5 Å². The maximum Gasteiger partial charge on any atom is 0.352 e. The Balaban J connectivity index is 1.84. The summed E-state index contributed by atoms with van der Waals surface area (Å²) in [5, 5.41) is 11.8. The number of aliphatic carboxylic acids is 1. The fraction of sp³-hybridized carbons (Fsp3) is 0.111. The number of aryl methyl sites for hydroxylation is 1. The van der Waals surface area contributed by atoms with Crippen molar-refractivity contribution in [2.75, 3.05) is 6.79 Å². The molecule has 0 radical (unpaired) electrons. The van der Waals surface area contributed by atoms with Gasteiger partial charge >= 0.3 is 5.97 Å². The van der Waals surface area contributed by atoms with Gasteiger partial charge in [-0.05, 0) is 42.8 Å². The van der Waals surface area contributed by atoms with Crippen LogP contribution in [-0.2, 0) is 4.79 Å². The van der Waals surface area contributed by atoms with Crippen LogP contribution in [0.15, 0.2) is 48.2 Å². The molecule has 3 rings (SSSR count). The number of carboxylic acids is 1. The molecule has 1 heterocycles. The first kappa shape index (κ1) is 15.6. The van der Waals surface area contributed by atoms with E-state index in [-0.39, 0.29) is 12.5 Å². The summed E-state index contributed by atoms with van der Waals surface area (Å²) in [4.78, 5) is 23.7. The van der Waals surface area contributed by atoms with E-state index in [9.17, 15) is 14.7 Å². The molecule has 0 aromatic heterocycles. The highest BCUT2D eigenvalue weighted by molar-refractivity contribution is 6.02. The number of ether oxygens (including phenoxy) is 2. The number of nitrogens with one attached hydrogen (secondary N) is 1. The molecule has 122 valence electrons. The molecular weight excluding hydrogens is 310 g/mol. The van der Waals surface area contributed by atoms with Crippen LogP contribution in [0.4, 0.5) is 0 Å². The van der Waals surface area contributed by atoms with Gasteiger partial charge in [-0.3, -0.25) is 4.79 Å². The number of amides is 1. The largest absolute Gasteiger partial charge is 0.477 e. The number of benzene rings is 2. The molecule has 0 saturated carbocycles. The molecule has 1 amide bonds. The van der Waals surface area contributed by atoms with E-state index in [0.29, 0.717) is 22.6 Å². The SMILES string of the molecule is Cc1cccc(C(=O)N/C(=C\c2ccc3c(c2)OCO3)C(=O)O)c1. The third-order valence-corrected chi connectivity index (χ3v) is 3.47. The van der Waals surface area contributed by atoms with Crippen molar-refractivity contribution in [3.63, 3.8) is 0 Å². The lowest BCUT2D eigenvalue weighted by Gasteiger charge is -2.07. The van der Waals surface area contributed by atoms with Crippen LogP contribution in [-0.4, -0.2) is 23.8 Å². The summed E-state index contributed by atoms with van der Waals surface area (Å²) >= 11 is 0. The summed E-state index contributed by atoms with van der Waals surface area (Å²) in [6, 6.07) is 12.0. The zero-order valence-corrected chi connectivity index (χ0v) is 12.9. The molecule has 1 aliphatic rings. The van der Waals surface area contributed by atoms with Crippen molar-refractivity contribution in [2.24, 2.45) is 0 Å². The number of carboxylic acid groups (broad SMARTS) is 1. The Hall–Kier alpha value is -3.28. The van der Waals surface area contributed by atoms with Gasteiger partial charge in [-0.15, -0.1) is 0 Å². The Morgan fingerprint density at radius 1 is 1.12 bits per heavy atom. The first-order valence-electron chi connectivity index (χ1n) is 7.25. The van der Waals surface area contributed by atoms with Gasteiger partial charge in [0, 0.05) is 5.56 Å². The normalized spacial score (nSPS) is 12.8. The Bertz CT molecular complexity index is 841. The number of carbonyl (C=O) groups excluding carboxylic acids is 1. The lowest BCUT2D eigenvalue weighted by Crippen LogP contribution is -2.27. The summed E-state index contributed by atoms with van der Waals surface area (Å²) in [5.41, 5.74) is 1.67. The zero-order chi connectivity index (χ0) is 17.1. The number of rotatable bonds is 4. The highest BCUT2D eigenvalue weighted by Crippen LogP contribution is 2.33. The van der Waals surface area contributed by atoms with Crippen molar-refractivity contribution in [1.82, 2.24) is 5.32 Å². The molecule has 2 N–H and O–H groups in total. The highest BCUT2D eigenvalue weighted by Gasteiger charge is 2.16. The minimum Gasteiger partial charge on any atom is -0.477 e. The minimum atomic E-state index is -1.23. The van der Waals surface area contributed by atoms with E-state index in [2.05, 4.69) is 5.32 Å². The van der Waals surface area contributed by atoms with Gasteiger partial charge in [-0.2, -0.15) is 0 Å². The van der Waals surface area contributed by atoms with Gasteiger partial charge in [0.05, 0.1) is 0 Å². The van der Waals surface area contributed by atoms with Gasteiger partial charge in [0.2, 0.25) is 6.79 Å². The van der Waals surface area contributed by atoms with Gasteiger partial charge < -0.3 is 19.9 Å². The average molecular weight is 325 g/mol. The van der Waals surface area contributed by atoms with Gasteiger partial charge in [-0.25, -0.2) is 4.79 Å². The van der Waals surface area contributed by atoms with Crippen LogP contribution in [0.3, 0.4) is 0 Å². The first-order valence-corrected chi connectivity index (χ1v) is 7.25. The van der Waals surface area contributed by atoms with Crippen molar-refractivity contribution in [1.29, 1.82) is 0 Å². The van der Waals surface area contributed by atoms with Crippen LogP contribution < -0.4 is 14.8 Å². The van der Waals surface area contributed by atoms with Gasteiger partial charge in [0.25, 0.3) is 5.91 Å². The van der Waals surface area contributed by atoms with Crippen molar-refractivity contribution in [3.05, 3.63) is 64.9 Å². The molecular formula is C18H15NO5. The van der Waals surface area contributed by atoms with E-state index in [1.165, 1.54) is 6.08 Å². The molecule has 0 aliphatic carbocycles. The van der Waals surface area contributed by atoms with Crippen molar-refractivity contribution >= 4 is 18.0 Å². The summed E-state index contributed by atoms with van der Waals surface area (Å²) in [6.45, 7) is 2.00. The predicted octanol–water partition coefficient (Wildman–Crippen LogP) is 2.58. The number of hydrogen-bond donors (Lipinski definition) is 2. The molecule has 0 saturated heterocycles. The first-order chi connectivity index (χ1) is 11.5. The molecule has 2 aromatic carbocycles. The lowest BCUT2D eigenvalue weighted by molar-refractivity contribution is -0.132. The van der Waals surface area contributed by atoms with E-state index >= 15 is 0 Å². The molecule has 0 fully saturated rings. The Morgan fingerprint density at radius 3 is 2.67 bits per heavy atom. The average Bonchev–Trinajstić information content (AvgIpc) is 3.01. The van der Waals surface area contributed by atoms with Crippen LogP contribution in [0, 0.1) is 6.92 Å². The molecule has 2 aromatic rings. The van der Waals surface area contributed by atoms with Gasteiger partial charge in [0.1, 0.15) is 5.70 Å². The molecule has 1 aliphatic heterocycles. The zero-order valence-electron chi connectivity index (χ0n) is 12.9. The molecule has 24 heavy (non-hydrogen) atoms. The lowest BCUT2D eigenvalue weighted by atomic mass is 10.1. The van der Waals surface area contributed by atoms with E-state index in [0.717, 1.165) is 5.56 Å². The van der Waals surface area contributed by atoms with Crippen LogP contribution in [0.5, 0.6) is 11.5 Å². The number of fused-ring (bicyclic) bond motifs is 1. The fourth-order valence-electron chi connectivity index (χ4n) is 2.30. The van der Waals surface area contributed by atoms with Crippen molar-refractivity contribution in [3.8, 4) is 11.5 Å². The van der Waals surface area contributed by atoms with Crippen molar-refractivity contribution in [2.45, 2.75) is 6.92 Å². The predicted molar refractivity (Wildman–Crippen MR) is 86.8 cm³/mol. The Labute approximate surface area is 138 Å². The van der Waals surface area contributed by atoms with Crippen LogP contribution in [0.25, 0.3) is 6.08 Å². The van der Waals surface area contributed by atoms with Crippen LogP contribution >= 0.6 is 0 Å². The Kier molecular flexibility index (Phi) is 4.20. The molecule has 6 nitrogen and oxygen atoms in total. The quantitative estimate of drug-likeness (QED) is 0.844. The third kappa shape index (κ3) is 3.38. The fourth-order valence-corrected chi connectivity index (χ4v) is 2.30. The third-order valence-electron chi connectivity index (χ3n) is 3.47. The maximum atomic E-state index is 12.2. The summed E-state index contributed by atoms with van der Waals surface area (Å²) in [5.74, 6) is -0.562. The summed E-state index contributed by atoms with van der Waals surface area (Å²) in [6.07, 6.45) is 1.37. The second-order valence-electron chi connectivity index (χ2n) is 5.30. The monoisotopic (exact) mass is 325 g/mol. The maximum absolute atomic E-state index is 12.2. The van der Waals surface area contributed by atoms with Gasteiger partial charge in [0.15, 0.2) is 11.5 Å². The number of hydrogen-bond acceptors (Lipinski definition) is 4. The van der Waals surface area contributed by atoms with Gasteiger partial charge in [-0.1, -0.05) is 23.8 Å². The van der Waals surface area contributed by atoms with E-state index in [4.69, 9.17) is 9.47 Å². The van der Waals surface area contributed by atoms with E-state index in [1.54, 1.807) is 36.4 Å². The second-order valence-corrected chi connectivity index (χ2v) is 5.30. The Morgan fingerprint density at radius 2 is 1.92 bits per heavy atom. The minimum absolute atomic E-state index is 0.137. The molecule has 6 heteroatoms. The molecule has 0 atom stereocenters.